The minimum atomic E-state index is -0.126. The van der Waals surface area contributed by atoms with Crippen molar-refractivity contribution < 1.29 is 0 Å². The Hall–Kier alpha value is -3.03. The lowest BCUT2D eigenvalue weighted by molar-refractivity contribution is 1.57. The Morgan fingerprint density at radius 3 is 0.872 bits per heavy atom. The molecule has 0 aliphatic heterocycles. The molecule has 39 heavy (non-hydrogen) atoms. The third-order valence-electron chi connectivity index (χ3n) is 6.58. The lowest BCUT2D eigenvalue weighted by Gasteiger charge is -2.24. The molecule has 6 aromatic rings. The molecule has 0 radical (unpaired) electrons. The first kappa shape index (κ1) is 27.5. The average molecular weight is 576 g/mol. The van der Waals surface area contributed by atoms with Gasteiger partial charge in [-0.15, -0.1) is 0 Å². The van der Waals surface area contributed by atoms with E-state index in [1.807, 2.05) is 0 Å². The van der Waals surface area contributed by atoms with Gasteiger partial charge in [-0.3, -0.25) is 5.16 Å². The van der Waals surface area contributed by atoms with Crippen molar-refractivity contribution in [3.8, 4) is 44.5 Å². The molecule has 1 nitrogen and oxygen atoms in total. The van der Waals surface area contributed by atoms with Gasteiger partial charge in [0.1, 0.15) is 0 Å². The normalized spacial score (nSPS) is 10.8. The number of hydrogen-bond acceptors (Lipinski definition) is 1. The molecular formula is C34H29NP4. The number of fused-ring (bicyclic) bond motifs is 1. The van der Waals surface area contributed by atoms with E-state index in [0.29, 0.717) is 0 Å². The Morgan fingerprint density at radius 2 is 0.615 bits per heavy atom. The highest BCUT2D eigenvalue weighted by atomic mass is 32.7. The van der Waals surface area contributed by atoms with Crippen molar-refractivity contribution in [3.05, 3.63) is 146 Å². The first-order chi connectivity index (χ1) is 19.2. The van der Waals surface area contributed by atoms with Crippen molar-refractivity contribution in [1.82, 2.24) is 0 Å². The second-order valence-electron chi connectivity index (χ2n) is 8.99. The van der Waals surface area contributed by atoms with Crippen LogP contribution in [0.2, 0.25) is 0 Å². The van der Waals surface area contributed by atoms with E-state index < -0.39 is 0 Å². The molecule has 0 amide bonds. The van der Waals surface area contributed by atoms with Gasteiger partial charge in [0.2, 0.25) is 0 Å². The molecule has 0 fully saturated rings. The molecule has 2 unspecified atom stereocenters. The van der Waals surface area contributed by atoms with Crippen LogP contribution in [0, 0.1) is 5.16 Å². The number of nitrogens with one attached hydrogen (secondary N) is 1. The molecule has 6 aromatic carbocycles. The van der Waals surface area contributed by atoms with Crippen LogP contribution in [-0.2, 0) is 0 Å². The largest absolute Gasteiger partial charge is 0.279 e. The first-order valence-electron chi connectivity index (χ1n) is 12.7. The number of rotatable bonds is 5. The smallest absolute Gasteiger partial charge is 0.0345 e. The number of hydrogen-bond donors (Lipinski definition) is 1. The summed E-state index contributed by atoms with van der Waals surface area (Å²) >= 11 is 0. The molecule has 0 saturated carbocycles. The standard InChI is InChI=1S/C34H24.H5NP4/c1-5-15-25(16-6-1)31-29-23-13-14-24-30(29)32(26-17-7-2-8-18-26)34(28-21-11-4-12-22-28)33(31)27-19-9-3-10-20-27;1-4-5(2)3/h1-24H;1H,2-3H2. The van der Waals surface area contributed by atoms with Crippen molar-refractivity contribution >= 4 is 43.7 Å². The van der Waals surface area contributed by atoms with Crippen molar-refractivity contribution in [1.29, 1.82) is 5.16 Å². The predicted octanol–water partition coefficient (Wildman–Crippen LogP) is 12.2. The first-order valence-corrected chi connectivity index (χ1v) is 18.8. The van der Waals surface area contributed by atoms with Gasteiger partial charge in [0, 0.05) is 15.0 Å². The molecule has 0 aromatic heterocycles. The number of benzene rings is 6. The van der Waals surface area contributed by atoms with Crippen LogP contribution in [0.15, 0.2) is 146 Å². The maximum Gasteiger partial charge on any atom is 0.0345 e. The lowest BCUT2D eigenvalue weighted by Crippen LogP contribution is -1.97. The molecule has 190 valence electrons. The summed E-state index contributed by atoms with van der Waals surface area (Å²) in [5.74, 6) is 0. The van der Waals surface area contributed by atoms with Crippen molar-refractivity contribution in [2.24, 2.45) is 0 Å². The minimum Gasteiger partial charge on any atom is -0.279 e. The summed E-state index contributed by atoms with van der Waals surface area (Å²) in [5.41, 5.74) is 10.0. The molecule has 0 saturated heterocycles. The van der Waals surface area contributed by atoms with Gasteiger partial charge in [-0.1, -0.05) is 163 Å². The third kappa shape index (κ3) is 6.25. The summed E-state index contributed by atoms with van der Waals surface area (Å²) in [7, 11) is 5.86. The summed E-state index contributed by atoms with van der Waals surface area (Å²) in [4.78, 5) is 0. The SMILES string of the molecule is N=PP(P)P.c1ccc(-c2c(-c3ccccc3)c(-c3ccccc3)c3ccccc3c2-c2ccccc2)cc1. The lowest BCUT2D eigenvalue weighted by atomic mass is 9.79. The quantitative estimate of drug-likeness (QED) is 0.198. The summed E-state index contributed by atoms with van der Waals surface area (Å²) < 4.78 is 0. The van der Waals surface area contributed by atoms with E-state index in [1.165, 1.54) is 55.3 Å². The summed E-state index contributed by atoms with van der Waals surface area (Å²) in [6.07, 6.45) is 0. The Labute approximate surface area is 238 Å². The van der Waals surface area contributed by atoms with Crippen LogP contribution in [0.5, 0.6) is 0 Å². The predicted molar refractivity (Wildman–Crippen MR) is 182 cm³/mol. The Morgan fingerprint density at radius 1 is 0.385 bits per heavy atom. The molecule has 0 bridgehead atoms. The summed E-state index contributed by atoms with van der Waals surface area (Å²) in [5, 5.41) is 9.16. The van der Waals surface area contributed by atoms with Gasteiger partial charge < -0.3 is 0 Å². The van der Waals surface area contributed by atoms with Crippen LogP contribution in [0.3, 0.4) is 0 Å². The van der Waals surface area contributed by atoms with Crippen LogP contribution < -0.4 is 0 Å². The molecule has 0 spiro atoms. The Bertz CT molecular complexity index is 1550. The average Bonchev–Trinajstić information content (AvgIpc) is 3.02. The molecular weight excluding hydrogens is 546 g/mol. The zero-order valence-electron chi connectivity index (χ0n) is 21.4. The van der Waals surface area contributed by atoms with Gasteiger partial charge in [-0.05, 0) is 55.3 Å². The van der Waals surface area contributed by atoms with E-state index in [1.54, 1.807) is 0 Å². The second kappa shape index (κ2) is 13.4. The highest BCUT2D eigenvalue weighted by Gasteiger charge is 2.23. The van der Waals surface area contributed by atoms with Crippen molar-refractivity contribution in [2.45, 2.75) is 0 Å². The van der Waals surface area contributed by atoms with Gasteiger partial charge in [0.25, 0.3) is 0 Å². The molecule has 5 heteroatoms. The maximum absolute atomic E-state index is 6.62. The molecule has 0 heterocycles. The van der Waals surface area contributed by atoms with E-state index >= 15 is 0 Å². The summed E-state index contributed by atoms with van der Waals surface area (Å²) in [6, 6.07) is 52.1. The maximum atomic E-state index is 6.62. The zero-order valence-corrected chi connectivity index (χ0v) is 25.5. The zero-order chi connectivity index (χ0) is 27.0. The molecule has 1 N–H and O–H groups in total. The van der Waals surface area contributed by atoms with Crippen LogP contribution in [0.4, 0.5) is 0 Å². The second-order valence-corrected chi connectivity index (χ2v) is 19.7. The third-order valence-corrected chi connectivity index (χ3v) is 9.58. The topological polar surface area (TPSA) is 23.9 Å². The van der Waals surface area contributed by atoms with Crippen molar-refractivity contribution in [3.63, 3.8) is 0 Å². The molecule has 6 rings (SSSR count). The van der Waals surface area contributed by atoms with Gasteiger partial charge in [0.05, 0.1) is 0 Å². The highest BCUT2D eigenvalue weighted by Crippen LogP contribution is 2.63. The molecule has 0 aliphatic rings. The van der Waals surface area contributed by atoms with E-state index in [2.05, 4.69) is 163 Å². The van der Waals surface area contributed by atoms with E-state index in [-0.39, 0.29) is 6.99 Å². The fourth-order valence-electron chi connectivity index (χ4n) is 5.03. The van der Waals surface area contributed by atoms with Gasteiger partial charge in [-0.25, -0.2) is 0 Å². The Balaban J connectivity index is 0.000000567. The fraction of sp³-hybridized carbons (Fsp3) is 0. The monoisotopic (exact) mass is 575 g/mol. The van der Waals surface area contributed by atoms with Gasteiger partial charge in [-0.2, -0.15) is 0 Å². The highest BCUT2D eigenvalue weighted by molar-refractivity contribution is 8.67. The fourth-order valence-corrected chi connectivity index (χ4v) is 5.03. The van der Waals surface area contributed by atoms with E-state index in [0.717, 1.165) is 8.06 Å². The molecule has 0 aliphatic carbocycles. The van der Waals surface area contributed by atoms with Crippen LogP contribution in [0.1, 0.15) is 0 Å². The van der Waals surface area contributed by atoms with Gasteiger partial charge >= 0.3 is 0 Å². The summed E-state index contributed by atoms with van der Waals surface area (Å²) in [6.45, 7) is -0.126. The molecule has 2 atom stereocenters. The van der Waals surface area contributed by atoms with Crippen LogP contribution >= 0.6 is 32.9 Å². The van der Waals surface area contributed by atoms with E-state index in [9.17, 15) is 0 Å². The minimum absolute atomic E-state index is 0.126. The van der Waals surface area contributed by atoms with Crippen LogP contribution in [0.25, 0.3) is 55.3 Å². The van der Waals surface area contributed by atoms with Crippen molar-refractivity contribution in [2.75, 3.05) is 0 Å². The van der Waals surface area contributed by atoms with Crippen LogP contribution in [-0.4, -0.2) is 0 Å². The Kier molecular flexibility index (Phi) is 9.43. The van der Waals surface area contributed by atoms with Gasteiger partial charge in [0.15, 0.2) is 0 Å². The van der Waals surface area contributed by atoms with E-state index in [4.69, 9.17) is 5.16 Å².